The van der Waals surface area contributed by atoms with Crippen molar-refractivity contribution in [3.05, 3.63) is 21.1 Å². The van der Waals surface area contributed by atoms with Gasteiger partial charge in [0.2, 0.25) is 10.0 Å². The summed E-state index contributed by atoms with van der Waals surface area (Å²) in [5, 5.41) is 0. The Kier molecular flexibility index (Phi) is 4.56. The Morgan fingerprint density at radius 3 is 2.05 bits per heavy atom. The van der Waals surface area contributed by atoms with Crippen LogP contribution in [0.3, 0.4) is 0 Å². The van der Waals surface area contributed by atoms with Crippen LogP contribution in [0.5, 0.6) is 0 Å². The molecule has 0 aromatic heterocycles. The zero-order chi connectivity index (χ0) is 14.2. The number of piperazine rings is 1. The number of nitrogens with two attached hydrogens (primary N) is 1. The average molecular weight is 413 g/mol. The summed E-state index contributed by atoms with van der Waals surface area (Å²) >= 11 is 6.57. The Hall–Kier alpha value is -0.150. The summed E-state index contributed by atoms with van der Waals surface area (Å²) < 4.78 is 27.8. The summed E-state index contributed by atoms with van der Waals surface area (Å²) in [6.07, 6.45) is 0. The van der Waals surface area contributed by atoms with E-state index in [1.807, 2.05) is 7.05 Å². The molecule has 8 heteroatoms. The second-order valence-corrected chi connectivity index (χ2v) is 8.10. The summed E-state index contributed by atoms with van der Waals surface area (Å²) in [6, 6.07) is 3.21. The highest BCUT2D eigenvalue weighted by molar-refractivity contribution is 9.11. The van der Waals surface area contributed by atoms with Gasteiger partial charge in [-0.3, -0.25) is 0 Å². The molecule has 19 heavy (non-hydrogen) atoms. The Bertz CT molecular complexity index is 561. The van der Waals surface area contributed by atoms with Gasteiger partial charge in [0, 0.05) is 40.8 Å². The molecule has 0 spiro atoms. The normalized spacial score (nSPS) is 18.7. The van der Waals surface area contributed by atoms with Gasteiger partial charge in [-0.2, -0.15) is 4.31 Å². The largest absolute Gasteiger partial charge is 0.399 e. The van der Waals surface area contributed by atoms with Gasteiger partial charge in [-0.05, 0) is 51.0 Å². The maximum atomic E-state index is 12.7. The molecular formula is C11H15Br2N3O2S. The van der Waals surface area contributed by atoms with Crippen LogP contribution in [-0.2, 0) is 10.0 Å². The van der Waals surface area contributed by atoms with E-state index in [4.69, 9.17) is 5.73 Å². The summed E-state index contributed by atoms with van der Waals surface area (Å²) in [4.78, 5) is 2.35. The van der Waals surface area contributed by atoms with Crippen molar-refractivity contribution >= 4 is 47.6 Å². The maximum absolute atomic E-state index is 12.7. The second-order valence-electron chi connectivity index (χ2n) is 4.52. The van der Waals surface area contributed by atoms with Gasteiger partial charge in [-0.1, -0.05) is 0 Å². The molecule has 1 aliphatic rings. The number of hydrogen-bond donors (Lipinski definition) is 1. The third-order valence-electron chi connectivity index (χ3n) is 3.08. The number of benzene rings is 1. The number of nitrogens with zero attached hydrogens (tertiary/aromatic N) is 2. The first-order valence-corrected chi connectivity index (χ1v) is 8.78. The highest BCUT2D eigenvalue weighted by Crippen LogP contribution is 2.34. The van der Waals surface area contributed by atoms with Crippen LogP contribution in [0.1, 0.15) is 0 Å². The number of rotatable bonds is 2. The Balaban J connectivity index is 2.40. The molecule has 0 atom stereocenters. The third-order valence-corrected chi connectivity index (χ3v) is 6.86. The van der Waals surface area contributed by atoms with E-state index in [0.29, 0.717) is 27.7 Å². The minimum Gasteiger partial charge on any atom is -0.399 e. The molecule has 0 unspecified atom stereocenters. The number of likely N-dealkylation sites (N-methyl/N-ethyl adjacent to an activating group) is 1. The van der Waals surface area contributed by atoms with Crippen molar-refractivity contribution < 1.29 is 8.42 Å². The predicted molar refractivity (Wildman–Crippen MR) is 82.5 cm³/mol. The summed E-state index contributed by atoms with van der Waals surface area (Å²) in [5.74, 6) is 0. The van der Waals surface area contributed by atoms with Crippen molar-refractivity contribution in [2.45, 2.75) is 4.90 Å². The lowest BCUT2D eigenvalue weighted by Gasteiger charge is -2.32. The number of hydrogen-bond acceptors (Lipinski definition) is 4. The van der Waals surface area contributed by atoms with E-state index in [1.54, 1.807) is 12.1 Å². The van der Waals surface area contributed by atoms with E-state index in [1.165, 1.54) is 4.31 Å². The average Bonchev–Trinajstić information content (AvgIpc) is 2.27. The molecule has 1 aliphatic heterocycles. The van der Waals surface area contributed by atoms with Crippen LogP contribution in [0.4, 0.5) is 5.69 Å². The zero-order valence-electron chi connectivity index (χ0n) is 10.4. The number of anilines is 1. The first-order chi connectivity index (χ1) is 8.82. The SMILES string of the molecule is CN1CCN(S(=O)(=O)c2c(Br)cc(N)cc2Br)CC1. The lowest BCUT2D eigenvalue weighted by Crippen LogP contribution is -2.47. The van der Waals surface area contributed by atoms with E-state index in [2.05, 4.69) is 36.8 Å². The lowest BCUT2D eigenvalue weighted by atomic mass is 10.3. The third kappa shape index (κ3) is 3.13. The summed E-state index contributed by atoms with van der Waals surface area (Å²) in [7, 11) is -1.52. The van der Waals surface area contributed by atoms with Crippen molar-refractivity contribution in [2.75, 3.05) is 39.0 Å². The second kappa shape index (κ2) is 5.69. The van der Waals surface area contributed by atoms with Crippen molar-refractivity contribution in [1.29, 1.82) is 0 Å². The molecule has 0 amide bonds. The number of nitrogen functional groups attached to an aromatic ring is 1. The van der Waals surface area contributed by atoms with Crippen LogP contribution < -0.4 is 5.73 Å². The Morgan fingerprint density at radius 1 is 1.11 bits per heavy atom. The standard InChI is InChI=1S/C11H15Br2N3O2S/c1-15-2-4-16(5-3-15)19(17,18)11-9(12)6-8(14)7-10(11)13/h6-7H,2-5,14H2,1H3. The molecule has 2 N–H and O–H groups in total. The molecule has 2 rings (SSSR count). The maximum Gasteiger partial charge on any atom is 0.245 e. The van der Waals surface area contributed by atoms with Crippen LogP contribution in [0.2, 0.25) is 0 Å². The molecular weight excluding hydrogens is 398 g/mol. The molecule has 1 heterocycles. The molecule has 0 bridgehead atoms. The fourth-order valence-corrected chi connectivity index (χ4v) is 5.95. The minimum atomic E-state index is -3.51. The van der Waals surface area contributed by atoms with Gasteiger partial charge in [-0.15, -0.1) is 0 Å². The number of halogens is 2. The van der Waals surface area contributed by atoms with Crippen LogP contribution in [0, 0.1) is 0 Å². The molecule has 106 valence electrons. The van der Waals surface area contributed by atoms with Gasteiger partial charge in [0.1, 0.15) is 4.90 Å². The highest BCUT2D eigenvalue weighted by Gasteiger charge is 2.31. The van der Waals surface area contributed by atoms with Gasteiger partial charge in [-0.25, -0.2) is 8.42 Å². The van der Waals surface area contributed by atoms with Crippen LogP contribution in [0.25, 0.3) is 0 Å². The predicted octanol–water partition coefficient (Wildman–Crippen LogP) is 1.73. The van der Waals surface area contributed by atoms with E-state index in [0.717, 1.165) is 13.1 Å². The van der Waals surface area contributed by atoms with Crippen molar-refractivity contribution in [3.63, 3.8) is 0 Å². The molecule has 1 fully saturated rings. The molecule has 0 saturated carbocycles. The summed E-state index contributed by atoms with van der Waals surface area (Å²) in [5.41, 5.74) is 6.20. The van der Waals surface area contributed by atoms with Crippen LogP contribution >= 0.6 is 31.9 Å². The fourth-order valence-electron chi connectivity index (χ4n) is 1.98. The van der Waals surface area contributed by atoms with Crippen molar-refractivity contribution in [1.82, 2.24) is 9.21 Å². The van der Waals surface area contributed by atoms with Gasteiger partial charge >= 0.3 is 0 Å². The van der Waals surface area contributed by atoms with Crippen molar-refractivity contribution in [2.24, 2.45) is 0 Å². The molecule has 1 aromatic carbocycles. The Morgan fingerprint density at radius 2 is 1.58 bits per heavy atom. The van der Waals surface area contributed by atoms with E-state index in [9.17, 15) is 8.42 Å². The topological polar surface area (TPSA) is 66.6 Å². The molecule has 0 aliphatic carbocycles. The molecule has 1 aromatic rings. The molecule has 0 radical (unpaired) electrons. The van der Waals surface area contributed by atoms with Crippen LogP contribution in [0.15, 0.2) is 26.0 Å². The summed E-state index contributed by atoms with van der Waals surface area (Å²) in [6.45, 7) is 2.48. The van der Waals surface area contributed by atoms with Gasteiger partial charge in [0.15, 0.2) is 0 Å². The first kappa shape index (κ1) is 15.2. The van der Waals surface area contributed by atoms with Crippen LogP contribution in [-0.4, -0.2) is 50.8 Å². The zero-order valence-corrected chi connectivity index (χ0v) is 14.4. The fraction of sp³-hybridized carbons (Fsp3) is 0.455. The number of sulfonamides is 1. The van der Waals surface area contributed by atoms with Gasteiger partial charge in [0.25, 0.3) is 0 Å². The van der Waals surface area contributed by atoms with Gasteiger partial charge in [0.05, 0.1) is 0 Å². The quantitative estimate of drug-likeness (QED) is 0.751. The van der Waals surface area contributed by atoms with E-state index >= 15 is 0 Å². The van der Waals surface area contributed by atoms with Crippen molar-refractivity contribution in [3.8, 4) is 0 Å². The minimum absolute atomic E-state index is 0.242. The van der Waals surface area contributed by atoms with E-state index < -0.39 is 10.0 Å². The Labute approximate surface area is 130 Å². The van der Waals surface area contributed by atoms with Gasteiger partial charge < -0.3 is 10.6 Å². The smallest absolute Gasteiger partial charge is 0.245 e. The van der Waals surface area contributed by atoms with E-state index in [-0.39, 0.29) is 4.90 Å². The molecule has 5 nitrogen and oxygen atoms in total. The first-order valence-electron chi connectivity index (χ1n) is 5.75. The monoisotopic (exact) mass is 411 g/mol. The highest BCUT2D eigenvalue weighted by atomic mass is 79.9. The lowest BCUT2D eigenvalue weighted by molar-refractivity contribution is 0.222. The molecule has 1 saturated heterocycles.